The lowest BCUT2D eigenvalue weighted by Gasteiger charge is -2.24. The molecule has 0 saturated heterocycles. The van der Waals surface area contributed by atoms with Crippen molar-refractivity contribution in [3.05, 3.63) is 72.9 Å². The predicted octanol–water partition coefficient (Wildman–Crippen LogP) is 3.68. The summed E-state index contributed by atoms with van der Waals surface area (Å²) in [6, 6.07) is 0. The van der Waals surface area contributed by atoms with Gasteiger partial charge in [0.05, 0.1) is 7.85 Å². The van der Waals surface area contributed by atoms with E-state index in [1.54, 1.807) is 24.3 Å². The molecule has 0 fully saturated rings. The molecule has 0 atom stereocenters. The van der Waals surface area contributed by atoms with Crippen LogP contribution in [0.25, 0.3) is 0 Å². The third kappa shape index (κ3) is 1.48. The van der Waals surface area contributed by atoms with E-state index >= 15 is 0 Å². The highest BCUT2D eigenvalue weighted by Gasteiger charge is 2.34. The van der Waals surface area contributed by atoms with Crippen molar-refractivity contribution in [3.8, 4) is 0 Å². The van der Waals surface area contributed by atoms with Gasteiger partial charge >= 0.3 is 0 Å². The number of hydrogen-bond donors (Lipinski definition) is 0. The fourth-order valence-corrected chi connectivity index (χ4v) is 2.08. The summed E-state index contributed by atoms with van der Waals surface area (Å²) in [6.07, 6.45) is 7.12. The van der Waals surface area contributed by atoms with Gasteiger partial charge in [-0.1, -0.05) is 57.5 Å². The Hall–Kier alpha value is -1.50. The smallest absolute Gasteiger partial charge is 0.0871 e. The molecule has 0 spiro atoms. The Morgan fingerprint density at radius 1 is 0.867 bits per heavy atom. The van der Waals surface area contributed by atoms with Crippen LogP contribution in [0.4, 0.5) is 0 Å². The van der Waals surface area contributed by atoms with Crippen LogP contribution in [0.15, 0.2) is 72.9 Å². The topological polar surface area (TPSA) is 0 Å². The van der Waals surface area contributed by atoms with E-state index in [4.69, 9.17) is 7.85 Å². The fourth-order valence-electron chi connectivity index (χ4n) is 2.08. The summed E-state index contributed by atoms with van der Waals surface area (Å²) < 4.78 is 0. The first kappa shape index (κ1) is 11.6. The van der Waals surface area contributed by atoms with Crippen LogP contribution in [0, 0.1) is 0 Å². The predicted molar refractivity (Wildman–Crippen MR) is 69.0 cm³/mol. The summed E-state index contributed by atoms with van der Waals surface area (Å²) >= 11 is 0. The van der Waals surface area contributed by atoms with Crippen LogP contribution in [0.2, 0.25) is 5.31 Å². The molecule has 0 nitrogen and oxygen atoms in total. The van der Waals surface area contributed by atoms with E-state index in [0.717, 1.165) is 22.3 Å². The Morgan fingerprint density at radius 3 is 1.40 bits per heavy atom. The number of hydrogen-bond acceptors (Lipinski definition) is 0. The quantitative estimate of drug-likeness (QED) is 0.598. The molecule has 0 bridgehead atoms. The third-order valence-electron chi connectivity index (χ3n) is 2.81. The Labute approximate surface area is 93.5 Å². The van der Waals surface area contributed by atoms with Crippen molar-refractivity contribution in [2.24, 2.45) is 0 Å². The summed E-state index contributed by atoms with van der Waals surface area (Å²) in [5, 5.41) is -0.545. The molecule has 74 valence electrons. The van der Waals surface area contributed by atoms with Gasteiger partial charge in [-0.3, -0.25) is 0 Å². The fraction of sp³-hybridized carbons (Fsp3) is 0.143. The van der Waals surface area contributed by atoms with Gasteiger partial charge in [0.25, 0.3) is 0 Å². The van der Waals surface area contributed by atoms with Crippen LogP contribution in [0.1, 0.15) is 6.92 Å². The van der Waals surface area contributed by atoms with Crippen molar-refractivity contribution in [2.45, 2.75) is 12.2 Å². The Balaban J connectivity index is 3.58. The molecule has 0 amide bonds. The molecule has 1 heteroatoms. The molecule has 0 aromatic carbocycles. The maximum atomic E-state index is 6.27. The molecule has 0 saturated carbocycles. The standard InChI is InChI=1S/C14H15B/c1-6-10-11(7-2)13(9-4)14(5,15)12(10)8-3/h6-9H,1-4H2,5H3. The van der Waals surface area contributed by atoms with Gasteiger partial charge in [0.15, 0.2) is 0 Å². The molecule has 0 aliphatic heterocycles. The van der Waals surface area contributed by atoms with Crippen molar-refractivity contribution in [1.29, 1.82) is 0 Å². The van der Waals surface area contributed by atoms with Crippen LogP contribution in [0.5, 0.6) is 0 Å². The van der Waals surface area contributed by atoms with Gasteiger partial charge in [0.2, 0.25) is 0 Å². The SMILES string of the molecule is [B]C1(C)C(C=C)=C(C=C)C(C=C)=C1C=C. The van der Waals surface area contributed by atoms with Gasteiger partial charge in [0.1, 0.15) is 0 Å². The molecule has 0 aromatic rings. The summed E-state index contributed by atoms with van der Waals surface area (Å²) in [7, 11) is 6.27. The number of rotatable bonds is 4. The van der Waals surface area contributed by atoms with Crippen molar-refractivity contribution in [2.75, 3.05) is 0 Å². The van der Waals surface area contributed by atoms with E-state index in [2.05, 4.69) is 26.3 Å². The Morgan fingerprint density at radius 2 is 1.20 bits per heavy atom. The zero-order chi connectivity index (χ0) is 11.6. The first-order valence-corrected chi connectivity index (χ1v) is 4.83. The molecule has 1 aliphatic rings. The largest absolute Gasteiger partial charge is 0.0988 e. The van der Waals surface area contributed by atoms with Gasteiger partial charge < -0.3 is 0 Å². The molecule has 0 N–H and O–H groups in total. The highest BCUT2D eigenvalue weighted by molar-refractivity contribution is 6.21. The van der Waals surface area contributed by atoms with Crippen LogP contribution in [-0.2, 0) is 0 Å². The second-order valence-corrected chi connectivity index (χ2v) is 3.67. The van der Waals surface area contributed by atoms with Crippen LogP contribution < -0.4 is 0 Å². The van der Waals surface area contributed by atoms with Crippen molar-refractivity contribution in [3.63, 3.8) is 0 Å². The zero-order valence-corrected chi connectivity index (χ0v) is 9.22. The molecule has 1 aliphatic carbocycles. The molecular weight excluding hydrogens is 179 g/mol. The highest BCUT2D eigenvalue weighted by Crippen LogP contribution is 2.51. The van der Waals surface area contributed by atoms with E-state index < -0.39 is 5.31 Å². The molecule has 1 rings (SSSR count). The first-order chi connectivity index (χ1) is 7.04. The summed E-state index contributed by atoms with van der Waals surface area (Å²) in [6.45, 7) is 17.1. The zero-order valence-electron chi connectivity index (χ0n) is 9.22. The van der Waals surface area contributed by atoms with E-state index in [0.29, 0.717) is 0 Å². The van der Waals surface area contributed by atoms with Crippen LogP contribution in [0.3, 0.4) is 0 Å². The summed E-state index contributed by atoms with van der Waals surface area (Å²) in [5.41, 5.74) is 3.95. The summed E-state index contributed by atoms with van der Waals surface area (Å²) in [5.74, 6) is 0. The van der Waals surface area contributed by atoms with Crippen LogP contribution in [-0.4, -0.2) is 7.85 Å². The van der Waals surface area contributed by atoms with E-state index in [1.165, 1.54) is 0 Å². The molecule has 0 heterocycles. The summed E-state index contributed by atoms with van der Waals surface area (Å²) in [4.78, 5) is 0. The maximum Gasteiger partial charge on any atom is 0.0871 e. The first-order valence-electron chi connectivity index (χ1n) is 4.83. The third-order valence-corrected chi connectivity index (χ3v) is 2.81. The number of allylic oxidation sites excluding steroid dienone is 8. The monoisotopic (exact) mass is 194 g/mol. The van der Waals surface area contributed by atoms with Gasteiger partial charge in [-0.2, -0.15) is 0 Å². The highest BCUT2D eigenvalue weighted by atomic mass is 14.3. The minimum absolute atomic E-state index is 0.545. The van der Waals surface area contributed by atoms with Crippen LogP contribution >= 0.6 is 0 Å². The minimum Gasteiger partial charge on any atom is -0.0988 e. The molecule has 0 unspecified atom stereocenters. The van der Waals surface area contributed by atoms with E-state index in [9.17, 15) is 0 Å². The normalized spacial score (nSPS) is 19.0. The van der Waals surface area contributed by atoms with Gasteiger partial charge in [-0.15, -0.1) is 0 Å². The van der Waals surface area contributed by atoms with Crippen molar-refractivity contribution >= 4 is 7.85 Å². The molecular formula is C14H15B. The maximum absolute atomic E-state index is 6.27. The van der Waals surface area contributed by atoms with Gasteiger partial charge in [0, 0.05) is 0 Å². The second kappa shape index (κ2) is 3.94. The molecule has 0 aromatic heterocycles. The second-order valence-electron chi connectivity index (χ2n) is 3.67. The lowest BCUT2D eigenvalue weighted by Crippen LogP contribution is -2.09. The van der Waals surface area contributed by atoms with Gasteiger partial charge in [-0.25, -0.2) is 0 Å². The average molecular weight is 194 g/mol. The van der Waals surface area contributed by atoms with E-state index in [-0.39, 0.29) is 0 Å². The lowest BCUT2D eigenvalue weighted by atomic mass is 9.62. The molecule has 2 radical (unpaired) electrons. The van der Waals surface area contributed by atoms with E-state index in [1.807, 2.05) is 6.92 Å². The minimum atomic E-state index is -0.545. The lowest BCUT2D eigenvalue weighted by molar-refractivity contribution is 0.894. The molecule has 15 heavy (non-hydrogen) atoms. The average Bonchev–Trinajstić information content (AvgIpc) is 2.43. The van der Waals surface area contributed by atoms with Gasteiger partial charge in [-0.05, 0) is 27.6 Å². The van der Waals surface area contributed by atoms with Crippen molar-refractivity contribution < 1.29 is 0 Å². The Kier molecular flexibility index (Phi) is 3.04. The van der Waals surface area contributed by atoms with Crippen molar-refractivity contribution in [1.82, 2.24) is 0 Å². The Bertz CT molecular complexity index is 365.